The third kappa shape index (κ3) is 3.43. The molecule has 1 aromatic heterocycles. The van der Waals surface area contributed by atoms with Gasteiger partial charge in [-0.2, -0.15) is 0 Å². The van der Waals surface area contributed by atoms with Crippen molar-refractivity contribution in [2.75, 3.05) is 32.6 Å². The van der Waals surface area contributed by atoms with Gasteiger partial charge in [-0.15, -0.1) is 0 Å². The van der Waals surface area contributed by atoms with E-state index in [4.69, 9.17) is 16.2 Å². The number of nitrogens with two attached hydrogens (primary N) is 2. The second kappa shape index (κ2) is 7.90. The Balaban J connectivity index is 1.29. The Morgan fingerprint density at radius 3 is 2.81 bits per heavy atom. The van der Waals surface area contributed by atoms with Crippen molar-refractivity contribution in [3.8, 4) is 0 Å². The highest BCUT2D eigenvalue weighted by Crippen LogP contribution is 2.51. The minimum absolute atomic E-state index is 0.0561. The first-order valence-electron chi connectivity index (χ1n) is 11.5. The van der Waals surface area contributed by atoms with E-state index in [-0.39, 0.29) is 18.1 Å². The number of aliphatic imine (C=N–C) groups is 1. The van der Waals surface area contributed by atoms with Gasteiger partial charge in [0.15, 0.2) is 0 Å². The van der Waals surface area contributed by atoms with Gasteiger partial charge in [-0.3, -0.25) is 0 Å². The van der Waals surface area contributed by atoms with Gasteiger partial charge < -0.3 is 36.2 Å². The highest BCUT2D eigenvalue weighted by Gasteiger charge is 2.59. The van der Waals surface area contributed by atoms with Gasteiger partial charge in [-0.25, -0.2) is 9.98 Å². The summed E-state index contributed by atoms with van der Waals surface area (Å²) >= 11 is 0. The monoisotopic (exact) mass is 442 g/mol. The van der Waals surface area contributed by atoms with Gasteiger partial charge in [0.1, 0.15) is 30.2 Å². The van der Waals surface area contributed by atoms with Gasteiger partial charge in [-0.1, -0.05) is 13.0 Å². The van der Waals surface area contributed by atoms with Crippen molar-refractivity contribution < 1.29 is 14.9 Å². The fourth-order valence-corrected chi connectivity index (χ4v) is 6.09. The van der Waals surface area contributed by atoms with E-state index < -0.39 is 17.6 Å². The summed E-state index contributed by atoms with van der Waals surface area (Å²) in [5.41, 5.74) is 13.6. The minimum atomic E-state index is -0.828. The molecular weight excluding hydrogens is 408 g/mol. The van der Waals surface area contributed by atoms with Crippen LogP contribution >= 0.6 is 0 Å². The van der Waals surface area contributed by atoms with Crippen LogP contribution in [0.15, 0.2) is 34.7 Å². The minimum Gasteiger partial charge on any atom is -0.390 e. The molecular formula is C23H34N6O3. The number of aliphatic hydroxyl groups excluding tert-OH is 2. The van der Waals surface area contributed by atoms with E-state index in [1.807, 2.05) is 19.2 Å². The number of amidine groups is 1. The lowest BCUT2D eigenvalue weighted by molar-refractivity contribution is -0.0369. The molecule has 9 nitrogen and oxygen atoms in total. The summed E-state index contributed by atoms with van der Waals surface area (Å²) in [5.74, 6) is 2.39. The molecule has 2 fully saturated rings. The number of hydrogen-bond acceptors (Lipinski definition) is 9. The van der Waals surface area contributed by atoms with Crippen LogP contribution in [0, 0.1) is 11.3 Å². The maximum atomic E-state index is 11.1. The first-order valence-corrected chi connectivity index (χ1v) is 11.5. The Hall–Kier alpha value is -2.36. The second-order valence-electron chi connectivity index (χ2n) is 10.0. The van der Waals surface area contributed by atoms with Crippen LogP contribution in [-0.4, -0.2) is 82.1 Å². The number of rotatable bonds is 4. The molecule has 6 atom stereocenters. The zero-order valence-corrected chi connectivity index (χ0v) is 18.8. The van der Waals surface area contributed by atoms with E-state index in [9.17, 15) is 10.2 Å². The molecule has 0 aromatic carbocycles. The molecule has 1 saturated carbocycles. The first kappa shape index (κ1) is 21.5. The molecule has 4 aliphatic rings. The van der Waals surface area contributed by atoms with Crippen LogP contribution in [0.4, 0.5) is 5.82 Å². The van der Waals surface area contributed by atoms with E-state index in [0.717, 1.165) is 42.8 Å². The standard InChI is InChI=1S/C23H34N6O3/c1-13-10-29(22-18(13)21(25)27-12-28(22)2)16-8-23(20(31)19(16)30)7-15(32-11-23)5-3-14-4-6-17(24)26-9-14/h4,6,9,13,15-16,19-20,30-31H,3,5,7-8,10-12H2,1-2H3,(H2,24,26)(H2,25,27)/t13?,15-,16+,19-,20-,23-/m0/s1. The molecule has 6 N–H and O–H groups in total. The summed E-state index contributed by atoms with van der Waals surface area (Å²) in [6, 6.07) is 3.64. The average molecular weight is 443 g/mol. The number of hydrogen-bond donors (Lipinski definition) is 4. The largest absolute Gasteiger partial charge is 0.390 e. The highest BCUT2D eigenvalue weighted by molar-refractivity contribution is 5.99. The zero-order chi connectivity index (χ0) is 22.6. The maximum Gasteiger partial charge on any atom is 0.127 e. The molecule has 1 unspecified atom stereocenters. The fraction of sp³-hybridized carbons (Fsp3) is 0.652. The number of pyridine rings is 1. The molecule has 1 saturated heterocycles. The lowest BCUT2D eigenvalue weighted by atomic mass is 9.80. The molecule has 0 radical (unpaired) electrons. The Morgan fingerprint density at radius 1 is 1.25 bits per heavy atom. The molecule has 0 amide bonds. The highest BCUT2D eigenvalue weighted by atomic mass is 16.5. The van der Waals surface area contributed by atoms with Gasteiger partial charge >= 0.3 is 0 Å². The Bertz CT molecular complexity index is 934. The third-order valence-corrected chi connectivity index (χ3v) is 7.77. The van der Waals surface area contributed by atoms with E-state index in [1.54, 1.807) is 6.20 Å². The van der Waals surface area contributed by atoms with Crippen molar-refractivity contribution in [1.82, 2.24) is 14.8 Å². The summed E-state index contributed by atoms with van der Waals surface area (Å²) in [5, 5.41) is 22.3. The first-order chi connectivity index (χ1) is 15.3. The van der Waals surface area contributed by atoms with Gasteiger partial charge in [-0.05, 0) is 37.3 Å². The Labute approximate surface area is 188 Å². The van der Waals surface area contributed by atoms with Gasteiger partial charge in [0.25, 0.3) is 0 Å². The number of aliphatic hydroxyl groups is 2. The van der Waals surface area contributed by atoms with E-state index in [0.29, 0.717) is 31.3 Å². The summed E-state index contributed by atoms with van der Waals surface area (Å²) in [6.45, 7) is 3.89. The van der Waals surface area contributed by atoms with Crippen LogP contribution in [0.25, 0.3) is 0 Å². The molecule has 1 aliphatic carbocycles. The van der Waals surface area contributed by atoms with Crippen molar-refractivity contribution in [1.29, 1.82) is 0 Å². The molecule has 1 aromatic rings. The van der Waals surface area contributed by atoms with Crippen LogP contribution in [0.1, 0.15) is 31.7 Å². The topological polar surface area (TPSA) is 133 Å². The second-order valence-corrected chi connectivity index (χ2v) is 10.0. The maximum absolute atomic E-state index is 11.1. The Kier molecular flexibility index (Phi) is 5.30. The van der Waals surface area contributed by atoms with Gasteiger partial charge in [0.2, 0.25) is 0 Å². The van der Waals surface area contributed by atoms with Gasteiger partial charge in [0.05, 0.1) is 24.9 Å². The number of anilines is 1. The number of aromatic nitrogens is 1. The molecule has 1 spiro atoms. The zero-order valence-electron chi connectivity index (χ0n) is 18.8. The Morgan fingerprint density at radius 2 is 2.06 bits per heavy atom. The van der Waals surface area contributed by atoms with E-state index >= 15 is 0 Å². The lowest BCUT2D eigenvalue weighted by Crippen LogP contribution is -2.46. The van der Waals surface area contributed by atoms with Gasteiger partial charge in [0, 0.05) is 36.7 Å². The molecule has 0 bridgehead atoms. The van der Waals surface area contributed by atoms with Crippen molar-refractivity contribution in [3.63, 3.8) is 0 Å². The molecule has 4 heterocycles. The van der Waals surface area contributed by atoms with Crippen LogP contribution in [0.5, 0.6) is 0 Å². The lowest BCUT2D eigenvalue weighted by Gasteiger charge is -2.37. The van der Waals surface area contributed by atoms with Crippen molar-refractivity contribution >= 4 is 11.7 Å². The number of aryl methyl sites for hydroxylation is 1. The fourth-order valence-electron chi connectivity index (χ4n) is 6.09. The SMILES string of the molecule is CC1CN([C@@H]2C[C@@]3(CO[C@@H](CCc4ccc(N)nc4)C3)[C@@H](O)[C@H]2O)C2=C1C(N)=NCN2C. The third-order valence-electron chi connectivity index (χ3n) is 7.77. The molecule has 9 heteroatoms. The average Bonchev–Trinajstić information content (AvgIpc) is 3.42. The molecule has 3 aliphatic heterocycles. The van der Waals surface area contributed by atoms with Crippen LogP contribution in [0.3, 0.4) is 0 Å². The van der Waals surface area contributed by atoms with Crippen molar-refractivity contribution in [3.05, 3.63) is 35.3 Å². The smallest absolute Gasteiger partial charge is 0.127 e. The predicted molar refractivity (Wildman–Crippen MR) is 121 cm³/mol. The summed E-state index contributed by atoms with van der Waals surface area (Å²) in [7, 11) is 2.00. The molecule has 32 heavy (non-hydrogen) atoms. The summed E-state index contributed by atoms with van der Waals surface area (Å²) < 4.78 is 6.14. The van der Waals surface area contributed by atoms with Crippen LogP contribution in [0.2, 0.25) is 0 Å². The van der Waals surface area contributed by atoms with Crippen LogP contribution in [-0.2, 0) is 11.2 Å². The number of ether oxygens (including phenoxy) is 1. The number of nitrogen functional groups attached to an aromatic ring is 1. The predicted octanol–water partition coefficient (Wildman–Crippen LogP) is 0.289. The van der Waals surface area contributed by atoms with E-state index in [2.05, 4.69) is 26.7 Å². The normalized spacial score (nSPS) is 36.9. The van der Waals surface area contributed by atoms with E-state index in [1.165, 1.54) is 0 Å². The summed E-state index contributed by atoms with van der Waals surface area (Å²) in [4.78, 5) is 12.9. The number of nitrogens with zero attached hydrogens (tertiary/aromatic N) is 4. The quantitative estimate of drug-likeness (QED) is 0.523. The molecule has 174 valence electrons. The van der Waals surface area contributed by atoms with Crippen molar-refractivity contribution in [2.45, 2.75) is 57.0 Å². The van der Waals surface area contributed by atoms with Crippen LogP contribution < -0.4 is 11.5 Å². The van der Waals surface area contributed by atoms with Crippen molar-refractivity contribution in [2.24, 2.45) is 22.1 Å². The summed E-state index contributed by atoms with van der Waals surface area (Å²) in [6.07, 6.45) is 3.37. The molecule has 5 rings (SSSR count).